The highest BCUT2D eigenvalue weighted by Crippen LogP contribution is 2.33. The SMILES string of the molecule is CCCCCCCCCCCCCCOc1ccccc1CC(COP(O)OCCCN(C)C)OC=O. The van der Waals surface area contributed by atoms with Crippen LogP contribution in [0.5, 0.6) is 5.75 Å². The molecule has 0 heterocycles. The van der Waals surface area contributed by atoms with Crippen LogP contribution in [0.4, 0.5) is 0 Å². The van der Waals surface area contributed by atoms with Gasteiger partial charge in [-0.1, -0.05) is 95.8 Å². The first-order chi connectivity index (χ1) is 18.1. The Kier molecular flexibility index (Phi) is 21.8. The molecule has 0 aliphatic rings. The van der Waals surface area contributed by atoms with E-state index in [-0.39, 0.29) is 6.61 Å². The molecule has 1 rings (SSSR count). The van der Waals surface area contributed by atoms with E-state index in [0.29, 0.717) is 26.1 Å². The van der Waals surface area contributed by atoms with Gasteiger partial charge in [-0.05, 0) is 45.1 Å². The molecule has 2 atom stereocenters. The average molecular weight is 542 g/mol. The number of carbonyl (C=O) groups is 1. The number of hydrogen-bond donors (Lipinski definition) is 1. The average Bonchev–Trinajstić information content (AvgIpc) is 2.88. The van der Waals surface area contributed by atoms with Gasteiger partial charge in [0.15, 0.2) is 0 Å². The van der Waals surface area contributed by atoms with Crippen molar-refractivity contribution >= 4 is 15.1 Å². The largest absolute Gasteiger partial charge is 0.493 e. The molecule has 1 N–H and O–H groups in total. The van der Waals surface area contributed by atoms with Crippen molar-refractivity contribution in [3.05, 3.63) is 29.8 Å². The Bertz CT molecular complexity index is 663. The van der Waals surface area contributed by atoms with Gasteiger partial charge in [0.25, 0.3) is 6.47 Å². The topological polar surface area (TPSA) is 77.5 Å². The maximum atomic E-state index is 11.0. The number of para-hydroxylation sites is 1. The normalized spacial score (nSPS) is 13.0. The summed E-state index contributed by atoms with van der Waals surface area (Å²) in [5.74, 6) is 0.802. The molecule has 0 aliphatic heterocycles. The molecule has 37 heavy (non-hydrogen) atoms. The molecule has 0 aromatic heterocycles. The van der Waals surface area contributed by atoms with E-state index in [1.54, 1.807) is 0 Å². The molecule has 0 amide bonds. The summed E-state index contributed by atoms with van der Waals surface area (Å²) in [4.78, 5) is 23.0. The second-order valence-electron chi connectivity index (χ2n) is 9.93. The Morgan fingerprint density at radius 1 is 0.865 bits per heavy atom. The lowest BCUT2D eigenvalue weighted by molar-refractivity contribution is -0.135. The van der Waals surface area contributed by atoms with E-state index in [2.05, 4.69) is 11.8 Å². The van der Waals surface area contributed by atoms with Gasteiger partial charge in [0.1, 0.15) is 11.9 Å². The minimum atomic E-state index is -2.01. The van der Waals surface area contributed by atoms with Crippen molar-refractivity contribution in [2.45, 2.75) is 103 Å². The summed E-state index contributed by atoms with van der Waals surface area (Å²) in [6, 6.07) is 7.80. The molecule has 214 valence electrons. The highest BCUT2D eigenvalue weighted by atomic mass is 31.2. The van der Waals surface area contributed by atoms with Crippen molar-refractivity contribution in [1.29, 1.82) is 0 Å². The number of ether oxygens (including phenoxy) is 2. The van der Waals surface area contributed by atoms with Crippen LogP contribution in [0, 0.1) is 0 Å². The molecular formula is C29H52NO6P. The number of nitrogens with zero attached hydrogens (tertiary/aromatic N) is 1. The van der Waals surface area contributed by atoms with Crippen LogP contribution >= 0.6 is 8.60 Å². The van der Waals surface area contributed by atoms with E-state index in [1.165, 1.54) is 70.6 Å². The molecule has 0 saturated heterocycles. The van der Waals surface area contributed by atoms with Crippen LogP contribution in [0.1, 0.15) is 96.0 Å². The number of benzene rings is 1. The maximum absolute atomic E-state index is 11.0. The Hall–Kier alpha value is -1.24. The van der Waals surface area contributed by atoms with Crippen molar-refractivity contribution in [2.24, 2.45) is 0 Å². The third-order valence-electron chi connectivity index (χ3n) is 6.25. The molecule has 0 fully saturated rings. The van der Waals surface area contributed by atoms with Gasteiger partial charge in [0.2, 0.25) is 0 Å². The zero-order valence-corrected chi connectivity index (χ0v) is 24.5. The quantitative estimate of drug-likeness (QED) is 0.0764. The first kappa shape index (κ1) is 33.8. The summed E-state index contributed by atoms with van der Waals surface area (Å²) in [7, 11) is 1.97. The standard InChI is InChI=1S/C29H52NO6P/c1-4-5-6-7-8-9-10-11-12-13-14-17-22-33-29-20-16-15-19-27(29)24-28(34-26-31)25-36-37(32)35-23-18-21-30(2)3/h15-16,19-20,26,28,32H,4-14,17-18,21-25H2,1-3H3. The molecule has 1 aromatic carbocycles. The summed E-state index contributed by atoms with van der Waals surface area (Å²) < 4.78 is 22.0. The van der Waals surface area contributed by atoms with E-state index in [1.807, 2.05) is 38.4 Å². The number of carbonyl (C=O) groups excluding carboxylic acids is 1. The number of hydrogen-bond acceptors (Lipinski definition) is 7. The molecule has 0 spiro atoms. The van der Waals surface area contributed by atoms with Gasteiger partial charge in [0, 0.05) is 6.42 Å². The van der Waals surface area contributed by atoms with Crippen molar-refractivity contribution < 1.29 is 28.2 Å². The summed E-state index contributed by atoms with van der Waals surface area (Å²) in [6.07, 6.45) is 16.5. The number of unbranched alkanes of at least 4 members (excludes halogenated alkanes) is 11. The molecule has 2 unspecified atom stereocenters. The van der Waals surface area contributed by atoms with Crippen molar-refractivity contribution in [3.63, 3.8) is 0 Å². The molecule has 1 aromatic rings. The molecule has 0 saturated carbocycles. The maximum Gasteiger partial charge on any atom is 0.329 e. The molecule has 0 radical (unpaired) electrons. The second kappa shape index (κ2) is 23.8. The van der Waals surface area contributed by atoms with Gasteiger partial charge in [-0.3, -0.25) is 4.79 Å². The highest BCUT2D eigenvalue weighted by molar-refractivity contribution is 7.40. The number of rotatable bonds is 26. The molecule has 0 aliphatic carbocycles. The molecule has 7 nitrogen and oxygen atoms in total. The van der Waals surface area contributed by atoms with Crippen LogP contribution < -0.4 is 4.74 Å². The minimum Gasteiger partial charge on any atom is -0.493 e. The monoisotopic (exact) mass is 541 g/mol. The van der Waals surface area contributed by atoms with E-state index in [9.17, 15) is 9.69 Å². The van der Waals surface area contributed by atoms with Gasteiger partial charge < -0.3 is 28.3 Å². The third-order valence-corrected chi connectivity index (χ3v) is 7.02. The fraction of sp³-hybridized carbons (Fsp3) is 0.759. The van der Waals surface area contributed by atoms with Crippen LogP contribution in [0.25, 0.3) is 0 Å². The van der Waals surface area contributed by atoms with Gasteiger partial charge in [-0.25, -0.2) is 0 Å². The van der Waals surface area contributed by atoms with Crippen LogP contribution in [-0.4, -0.2) is 62.8 Å². The summed E-state index contributed by atoms with van der Waals surface area (Å²) in [5.41, 5.74) is 0.950. The Balaban J connectivity index is 2.25. The zero-order chi connectivity index (χ0) is 27.0. The van der Waals surface area contributed by atoms with Crippen molar-refractivity contribution in [2.75, 3.05) is 40.5 Å². The highest BCUT2D eigenvalue weighted by Gasteiger charge is 2.17. The third kappa shape index (κ3) is 19.5. The van der Waals surface area contributed by atoms with E-state index in [0.717, 1.165) is 30.7 Å². The molecule has 0 bridgehead atoms. The van der Waals surface area contributed by atoms with E-state index in [4.69, 9.17) is 18.5 Å². The second-order valence-corrected chi connectivity index (χ2v) is 10.9. The van der Waals surface area contributed by atoms with Crippen molar-refractivity contribution in [3.8, 4) is 5.75 Å². The van der Waals surface area contributed by atoms with Gasteiger partial charge in [0.05, 0.1) is 19.8 Å². The van der Waals surface area contributed by atoms with Gasteiger partial charge in [-0.2, -0.15) is 0 Å². The van der Waals surface area contributed by atoms with Crippen LogP contribution in [-0.2, 0) is 25.0 Å². The van der Waals surface area contributed by atoms with E-state index < -0.39 is 14.7 Å². The van der Waals surface area contributed by atoms with Crippen LogP contribution in [0.2, 0.25) is 0 Å². The Morgan fingerprint density at radius 3 is 2.11 bits per heavy atom. The zero-order valence-electron chi connectivity index (χ0n) is 23.6. The van der Waals surface area contributed by atoms with Crippen LogP contribution in [0.15, 0.2) is 24.3 Å². The van der Waals surface area contributed by atoms with E-state index >= 15 is 0 Å². The summed E-state index contributed by atoms with van der Waals surface area (Å²) in [5, 5.41) is 0. The molecule has 8 heteroatoms. The summed E-state index contributed by atoms with van der Waals surface area (Å²) >= 11 is 0. The van der Waals surface area contributed by atoms with Gasteiger partial charge >= 0.3 is 8.60 Å². The lowest BCUT2D eigenvalue weighted by Crippen LogP contribution is -2.22. The van der Waals surface area contributed by atoms with Gasteiger partial charge in [-0.15, -0.1) is 0 Å². The Morgan fingerprint density at radius 2 is 1.49 bits per heavy atom. The van der Waals surface area contributed by atoms with Crippen molar-refractivity contribution in [1.82, 2.24) is 4.90 Å². The molecular weight excluding hydrogens is 489 g/mol. The fourth-order valence-electron chi connectivity index (χ4n) is 4.12. The lowest BCUT2D eigenvalue weighted by Gasteiger charge is -2.19. The smallest absolute Gasteiger partial charge is 0.329 e. The minimum absolute atomic E-state index is 0.0572. The summed E-state index contributed by atoms with van der Waals surface area (Å²) in [6.45, 7) is 4.70. The Labute approximate surface area is 227 Å². The fourth-order valence-corrected chi connectivity index (χ4v) is 4.77. The first-order valence-corrected chi connectivity index (χ1v) is 15.4. The predicted octanol–water partition coefficient (Wildman–Crippen LogP) is 7.05. The van der Waals surface area contributed by atoms with Crippen LogP contribution in [0.3, 0.4) is 0 Å². The predicted molar refractivity (Wildman–Crippen MR) is 152 cm³/mol. The first-order valence-electron chi connectivity index (χ1n) is 14.3. The lowest BCUT2D eigenvalue weighted by atomic mass is 10.1.